The third kappa shape index (κ3) is 2.71. The second-order valence-corrected chi connectivity index (χ2v) is 7.04. The quantitative estimate of drug-likeness (QED) is 0.458. The second-order valence-electron chi connectivity index (χ2n) is 7.04. The molecule has 2 heterocycles. The van der Waals surface area contributed by atoms with Crippen LogP contribution in [0.1, 0.15) is 50.3 Å². The molecule has 4 rings (SSSR count). The van der Waals surface area contributed by atoms with Gasteiger partial charge in [0, 0.05) is 17.1 Å². The number of esters is 2. The Hall–Kier alpha value is -2.56. The number of rotatable bonds is 5. The molecule has 1 aromatic carbocycles. The maximum atomic E-state index is 12.3. The molecule has 0 spiro atoms. The lowest BCUT2D eigenvalue weighted by Crippen LogP contribution is -2.15. The van der Waals surface area contributed by atoms with Crippen LogP contribution in [0.25, 0.3) is 0 Å². The number of cyclic esters (lactones) is 1. The van der Waals surface area contributed by atoms with Gasteiger partial charge in [0.2, 0.25) is 0 Å². The van der Waals surface area contributed by atoms with E-state index in [-0.39, 0.29) is 24.0 Å². The molecule has 0 saturated carbocycles. The van der Waals surface area contributed by atoms with E-state index in [2.05, 4.69) is 13.0 Å². The van der Waals surface area contributed by atoms with Crippen LogP contribution in [0.5, 0.6) is 0 Å². The maximum Gasteiger partial charge on any atom is 0.338 e. The third-order valence-corrected chi connectivity index (χ3v) is 5.44. The lowest BCUT2D eigenvalue weighted by molar-refractivity contribution is -0.153. The lowest BCUT2D eigenvalue weighted by Gasteiger charge is -2.14. The minimum Gasteiger partial charge on any atom is -0.458 e. The van der Waals surface area contributed by atoms with Gasteiger partial charge in [-0.25, -0.2) is 9.59 Å². The van der Waals surface area contributed by atoms with Gasteiger partial charge in [0.15, 0.2) is 0 Å². The van der Waals surface area contributed by atoms with E-state index in [0.717, 1.165) is 36.8 Å². The summed E-state index contributed by atoms with van der Waals surface area (Å²) in [5.74, 6) is -0.740. The SMILES string of the molecule is CCCCC1=C(C)C(=O)OC1OC=C1C(=O)OC2c3ccccc3CC12. The Balaban J connectivity index is 1.53. The molecule has 5 nitrogen and oxygen atoms in total. The van der Waals surface area contributed by atoms with Gasteiger partial charge in [0.1, 0.15) is 6.10 Å². The normalized spacial score (nSPS) is 28.2. The molecule has 2 aliphatic heterocycles. The van der Waals surface area contributed by atoms with E-state index in [9.17, 15) is 9.59 Å². The van der Waals surface area contributed by atoms with Gasteiger partial charge < -0.3 is 14.2 Å². The summed E-state index contributed by atoms with van der Waals surface area (Å²) in [6.07, 6.45) is 3.96. The number of benzene rings is 1. The topological polar surface area (TPSA) is 61.8 Å². The summed E-state index contributed by atoms with van der Waals surface area (Å²) in [5, 5.41) is 0. The monoisotopic (exact) mass is 354 g/mol. The molecule has 3 atom stereocenters. The van der Waals surface area contributed by atoms with Crippen LogP contribution >= 0.6 is 0 Å². The molecular formula is C21H22O5. The Labute approximate surface area is 152 Å². The van der Waals surface area contributed by atoms with Crippen molar-refractivity contribution in [2.45, 2.75) is 51.9 Å². The minimum atomic E-state index is -0.739. The van der Waals surface area contributed by atoms with E-state index < -0.39 is 6.29 Å². The van der Waals surface area contributed by atoms with Gasteiger partial charge in [-0.1, -0.05) is 37.6 Å². The Morgan fingerprint density at radius 3 is 2.81 bits per heavy atom. The number of fused-ring (bicyclic) bond motifs is 3. The molecule has 1 aliphatic carbocycles. The van der Waals surface area contributed by atoms with Gasteiger partial charge in [-0.2, -0.15) is 0 Å². The summed E-state index contributed by atoms with van der Waals surface area (Å²) in [4.78, 5) is 24.2. The third-order valence-electron chi connectivity index (χ3n) is 5.44. The van der Waals surface area contributed by atoms with Crippen molar-refractivity contribution in [2.24, 2.45) is 5.92 Å². The zero-order valence-corrected chi connectivity index (χ0v) is 15.0. The summed E-state index contributed by atoms with van der Waals surface area (Å²) in [5.41, 5.74) is 4.27. The summed E-state index contributed by atoms with van der Waals surface area (Å²) >= 11 is 0. The van der Waals surface area contributed by atoms with Crippen molar-refractivity contribution in [3.63, 3.8) is 0 Å². The first-order chi connectivity index (χ1) is 12.6. The van der Waals surface area contributed by atoms with Gasteiger partial charge in [-0.05, 0) is 37.3 Å². The fourth-order valence-corrected chi connectivity index (χ4v) is 3.93. The molecule has 0 N–H and O–H groups in total. The van der Waals surface area contributed by atoms with Gasteiger partial charge in [0.05, 0.1) is 11.8 Å². The average Bonchev–Trinajstić information content (AvgIpc) is 3.22. The van der Waals surface area contributed by atoms with E-state index >= 15 is 0 Å². The Bertz CT molecular complexity index is 819. The average molecular weight is 354 g/mol. The lowest BCUT2D eigenvalue weighted by atomic mass is 9.98. The number of hydrogen-bond acceptors (Lipinski definition) is 5. The standard InChI is InChI=1S/C21H22O5/c1-3-4-8-14-12(2)19(22)26-21(14)24-11-17-16-10-13-7-5-6-9-15(13)18(16)25-20(17)23/h5-7,9,11,16,18,21H,3-4,8,10H2,1-2H3. The van der Waals surface area contributed by atoms with Crippen LogP contribution in [0, 0.1) is 5.92 Å². The van der Waals surface area contributed by atoms with Gasteiger partial charge in [-0.15, -0.1) is 0 Å². The van der Waals surface area contributed by atoms with E-state index in [1.807, 2.05) is 18.2 Å². The van der Waals surface area contributed by atoms with Crippen molar-refractivity contribution in [1.82, 2.24) is 0 Å². The molecule has 0 aromatic heterocycles. The number of carbonyl (C=O) groups excluding carboxylic acids is 2. The van der Waals surface area contributed by atoms with Crippen LogP contribution in [0.4, 0.5) is 0 Å². The Kier molecular flexibility index (Phi) is 4.31. The van der Waals surface area contributed by atoms with Crippen molar-refractivity contribution < 1.29 is 23.8 Å². The zero-order valence-electron chi connectivity index (χ0n) is 15.0. The largest absolute Gasteiger partial charge is 0.458 e. The van der Waals surface area contributed by atoms with E-state index in [4.69, 9.17) is 14.2 Å². The smallest absolute Gasteiger partial charge is 0.338 e. The summed E-state index contributed by atoms with van der Waals surface area (Å²) in [6.45, 7) is 3.86. The van der Waals surface area contributed by atoms with Gasteiger partial charge in [-0.3, -0.25) is 0 Å². The van der Waals surface area contributed by atoms with Gasteiger partial charge >= 0.3 is 11.9 Å². The van der Waals surface area contributed by atoms with Crippen LogP contribution in [0.15, 0.2) is 47.2 Å². The second kappa shape index (κ2) is 6.63. The molecule has 3 aliphatic rings. The highest BCUT2D eigenvalue weighted by molar-refractivity contribution is 5.92. The van der Waals surface area contributed by atoms with E-state index in [1.54, 1.807) is 6.92 Å². The van der Waals surface area contributed by atoms with E-state index in [1.165, 1.54) is 11.8 Å². The Morgan fingerprint density at radius 1 is 1.19 bits per heavy atom. The van der Waals surface area contributed by atoms with Crippen LogP contribution in [-0.2, 0) is 30.2 Å². The van der Waals surface area contributed by atoms with Crippen LogP contribution in [0.3, 0.4) is 0 Å². The highest BCUT2D eigenvalue weighted by atomic mass is 16.7. The van der Waals surface area contributed by atoms with Crippen LogP contribution in [0.2, 0.25) is 0 Å². The fraction of sp³-hybridized carbons (Fsp3) is 0.429. The highest BCUT2D eigenvalue weighted by Crippen LogP contribution is 2.47. The maximum absolute atomic E-state index is 12.3. The van der Waals surface area contributed by atoms with Crippen molar-refractivity contribution in [1.29, 1.82) is 0 Å². The predicted octanol–water partition coefficient (Wildman–Crippen LogP) is 3.75. The molecule has 136 valence electrons. The number of carbonyl (C=O) groups is 2. The molecule has 0 amide bonds. The molecule has 0 bridgehead atoms. The summed E-state index contributed by atoms with van der Waals surface area (Å²) in [7, 11) is 0. The first-order valence-corrected chi connectivity index (χ1v) is 9.15. The van der Waals surface area contributed by atoms with Crippen molar-refractivity contribution >= 4 is 11.9 Å². The molecule has 26 heavy (non-hydrogen) atoms. The summed E-state index contributed by atoms with van der Waals surface area (Å²) in [6, 6.07) is 8.02. The summed E-state index contributed by atoms with van der Waals surface area (Å²) < 4.78 is 16.6. The molecule has 5 heteroatoms. The van der Waals surface area contributed by atoms with Crippen molar-refractivity contribution in [3.05, 3.63) is 58.4 Å². The van der Waals surface area contributed by atoms with E-state index in [0.29, 0.717) is 11.1 Å². The number of ether oxygens (including phenoxy) is 3. The molecule has 0 radical (unpaired) electrons. The Morgan fingerprint density at radius 2 is 2.00 bits per heavy atom. The number of hydrogen-bond donors (Lipinski definition) is 0. The van der Waals surface area contributed by atoms with Crippen molar-refractivity contribution in [2.75, 3.05) is 0 Å². The van der Waals surface area contributed by atoms with Crippen molar-refractivity contribution in [3.8, 4) is 0 Å². The minimum absolute atomic E-state index is 0.0406. The van der Waals surface area contributed by atoms with Crippen LogP contribution in [-0.4, -0.2) is 18.2 Å². The molecule has 1 saturated heterocycles. The zero-order chi connectivity index (χ0) is 18.3. The number of unbranched alkanes of at least 4 members (excludes halogenated alkanes) is 1. The molecule has 3 unspecified atom stereocenters. The fourth-order valence-electron chi connectivity index (χ4n) is 3.93. The molecular weight excluding hydrogens is 332 g/mol. The first-order valence-electron chi connectivity index (χ1n) is 9.15. The van der Waals surface area contributed by atoms with Crippen LogP contribution < -0.4 is 0 Å². The molecule has 1 aromatic rings. The molecule has 1 fully saturated rings. The first kappa shape index (κ1) is 16.9. The van der Waals surface area contributed by atoms with Gasteiger partial charge in [0.25, 0.3) is 6.29 Å². The predicted molar refractivity (Wildman–Crippen MR) is 93.7 cm³/mol. The highest BCUT2D eigenvalue weighted by Gasteiger charge is 2.46.